The number of nitrogens with one attached hydrogen (secondary N) is 2. The second-order valence-corrected chi connectivity index (χ2v) is 5.69. The Morgan fingerprint density at radius 1 is 1.24 bits per heavy atom. The summed E-state index contributed by atoms with van der Waals surface area (Å²) in [7, 11) is -3.35. The molecule has 0 unspecified atom stereocenters. The summed E-state index contributed by atoms with van der Waals surface area (Å²) < 4.78 is 26.6. The molecule has 0 aromatic heterocycles. The summed E-state index contributed by atoms with van der Waals surface area (Å²) in [6, 6.07) is 8.50. The van der Waals surface area contributed by atoms with Gasteiger partial charge in [0.15, 0.2) is 0 Å². The maximum Gasteiger partial charge on any atom is 0.240 e. The van der Waals surface area contributed by atoms with E-state index in [0.29, 0.717) is 11.4 Å². The molecule has 0 bridgehead atoms. The second-order valence-electron chi connectivity index (χ2n) is 3.98. The minimum Gasteiger partial charge on any atom is -0.315 e. The van der Waals surface area contributed by atoms with Crippen LogP contribution in [-0.2, 0) is 10.0 Å². The van der Waals surface area contributed by atoms with Gasteiger partial charge in [0.1, 0.15) is 0 Å². The highest BCUT2D eigenvalue weighted by molar-refractivity contribution is 7.89. The van der Waals surface area contributed by atoms with Crippen molar-refractivity contribution in [3.63, 3.8) is 0 Å². The van der Waals surface area contributed by atoms with Gasteiger partial charge in [0, 0.05) is 12.6 Å². The van der Waals surface area contributed by atoms with Crippen LogP contribution >= 0.6 is 12.4 Å². The summed E-state index contributed by atoms with van der Waals surface area (Å²) in [5.41, 5.74) is 0. The Morgan fingerprint density at radius 2 is 1.94 bits per heavy atom. The third-order valence-corrected chi connectivity index (χ3v) is 4.21. The molecule has 0 aliphatic carbocycles. The van der Waals surface area contributed by atoms with Crippen molar-refractivity contribution in [2.24, 2.45) is 0 Å². The van der Waals surface area contributed by atoms with Crippen molar-refractivity contribution < 1.29 is 8.42 Å². The lowest BCUT2D eigenvalue weighted by Gasteiger charge is -2.23. The quantitative estimate of drug-likeness (QED) is 0.870. The molecule has 4 nitrogen and oxygen atoms in total. The molecule has 0 saturated carbocycles. The number of sulfonamides is 1. The van der Waals surface area contributed by atoms with E-state index in [9.17, 15) is 8.42 Å². The van der Waals surface area contributed by atoms with Crippen molar-refractivity contribution in [2.45, 2.75) is 23.8 Å². The van der Waals surface area contributed by atoms with Crippen molar-refractivity contribution in [3.05, 3.63) is 30.3 Å². The Balaban J connectivity index is 0.00000144. The van der Waals surface area contributed by atoms with Crippen LogP contribution in [0.25, 0.3) is 0 Å². The lowest BCUT2D eigenvalue weighted by Crippen LogP contribution is -2.45. The zero-order chi connectivity index (χ0) is 11.4. The van der Waals surface area contributed by atoms with E-state index in [0.717, 1.165) is 19.4 Å². The molecule has 1 saturated heterocycles. The molecule has 1 heterocycles. The summed E-state index contributed by atoms with van der Waals surface area (Å²) in [5, 5.41) is 3.18. The van der Waals surface area contributed by atoms with Gasteiger partial charge in [-0.1, -0.05) is 18.2 Å². The van der Waals surface area contributed by atoms with Gasteiger partial charge in [0.2, 0.25) is 10.0 Å². The van der Waals surface area contributed by atoms with Gasteiger partial charge in [0.25, 0.3) is 0 Å². The lowest BCUT2D eigenvalue weighted by molar-refractivity contribution is 0.428. The molecular weight excluding hydrogens is 260 g/mol. The van der Waals surface area contributed by atoms with Crippen LogP contribution in [-0.4, -0.2) is 27.5 Å². The molecular formula is C11H17ClN2O2S. The highest BCUT2D eigenvalue weighted by Gasteiger charge is 2.20. The molecule has 96 valence electrons. The summed E-state index contributed by atoms with van der Waals surface area (Å²) in [6.45, 7) is 1.69. The summed E-state index contributed by atoms with van der Waals surface area (Å²) in [5.74, 6) is 0. The minimum absolute atomic E-state index is 0. The fourth-order valence-corrected chi connectivity index (χ4v) is 3.13. The molecule has 1 aromatic carbocycles. The number of hydrogen-bond donors (Lipinski definition) is 2. The first-order chi connectivity index (χ1) is 7.68. The summed E-state index contributed by atoms with van der Waals surface area (Å²) in [6.07, 6.45) is 1.92. The predicted molar refractivity (Wildman–Crippen MR) is 69.9 cm³/mol. The van der Waals surface area contributed by atoms with Crippen LogP contribution in [0.4, 0.5) is 0 Å². The van der Waals surface area contributed by atoms with Crippen LogP contribution in [0.5, 0.6) is 0 Å². The number of rotatable bonds is 3. The average Bonchev–Trinajstić information content (AvgIpc) is 2.31. The van der Waals surface area contributed by atoms with E-state index in [1.165, 1.54) is 0 Å². The standard InChI is InChI=1S/C11H16N2O2S.ClH/c14-16(15,11-6-2-1-3-7-11)13-10-5-4-8-12-9-10;/h1-3,6-7,10,12-13H,4-5,8-9H2;1H/t10-;/m1./s1. The molecule has 2 N–H and O–H groups in total. The van der Waals surface area contributed by atoms with E-state index in [-0.39, 0.29) is 18.4 Å². The fourth-order valence-electron chi connectivity index (χ4n) is 1.84. The Kier molecular flexibility index (Phi) is 5.39. The first kappa shape index (κ1) is 14.4. The summed E-state index contributed by atoms with van der Waals surface area (Å²) in [4.78, 5) is 0.334. The monoisotopic (exact) mass is 276 g/mol. The van der Waals surface area contributed by atoms with Gasteiger partial charge in [0.05, 0.1) is 4.90 Å². The zero-order valence-electron chi connectivity index (χ0n) is 9.43. The lowest BCUT2D eigenvalue weighted by atomic mass is 10.1. The van der Waals surface area contributed by atoms with Gasteiger partial charge < -0.3 is 5.32 Å². The number of piperidine rings is 1. The van der Waals surface area contributed by atoms with Crippen LogP contribution in [0.1, 0.15) is 12.8 Å². The smallest absolute Gasteiger partial charge is 0.240 e. The largest absolute Gasteiger partial charge is 0.315 e. The normalized spacial score (nSPS) is 20.6. The Hall–Kier alpha value is -0.620. The van der Waals surface area contributed by atoms with Crippen molar-refractivity contribution in [2.75, 3.05) is 13.1 Å². The van der Waals surface area contributed by atoms with Crippen LogP contribution in [0, 0.1) is 0 Å². The third-order valence-electron chi connectivity index (χ3n) is 2.67. The number of benzene rings is 1. The first-order valence-electron chi connectivity index (χ1n) is 5.46. The maximum atomic E-state index is 12.0. The number of halogens is 1. The van der Waals surface area contributed by atoms with Crippen LogP contribution in [0.15, 0.2) is 35.2 Å². The van der Waals surface area contributed by atoms with Crippen molar-refractivity contribution >= 4 is 22.4 Å². The van der Waals surface area contributed by atoms with Crippen LogP contribution in [0.3, 0.4) is 0 Å². The summed E-state index contributed by atoms with van der Waals surface area (Å²) >= 11 is 0. The first-order valence-corrected chi connectivity index (χ1v) is 6.95. The van der Waals surface area contributed by atoms with E-state index in [2.05, 4.69) is 10.0 Å². The van der Waals surface area contributed by atoms with Crippen LogP contribution < -0.4 is 10.0 Å². The van der Waals surface area contributed by atoms with Gasteiger partial charge in [-0.05, 0) is 31.5 Å². The van der Waals surface area contributed by atoms with Gasteiger partial charge in [-0.3, -0.25) is 0 Å². The maximum absolute atomic E-state index is 12.0. The topological polar surface area (TPSA) is 58.2 Å². The van der Waals surface area contributed by atoms with Crippen LogP contribution in [0.2, 0.25) is 0 Å². The molecule has 0 spiro atoms. The van der Waals surface area contributed by atoms with Gasteiger partial charge in [-0.15, -0.1) is 12.4 Å². The molecule has 0 radical (unpaired) electrons. The molecule has 1 aliphatic heterocycles. The van der Waals surface area contributed by atoms with Gasteiger partial charge >= 0.3 is 0 Å². The van der Waals surface area contributed by atoms with E-state index < -0.39 is 10.0 Å². The minimum atomic E-state index is -3.35. The average molecular weight is 277 g/mol. The Morgan fingerprint density at radius 3 is 2.53 bits per heavy atom. The van der Waals surface area contributed by atoms with Gasteiger partial charge in [-0.25, -0.2) is 13.1 Å². The predicted octanol–water partition coefficient (Wildman–Crippen LogP) is 1.14. The fraction of sp³-hybridized carbons (Fsp3) is 0.455. The molecule has 2 rings (SSSR count). The number of hydrogen-bond acceptors (Lipinski definition) is 3. The molecule has 1 atom stereocenters. The highest BCUT2D eigenvalue weighted by atomic mass is 35.5. The molecule has 17 heavy (non-hydrogen) atoms. The molecule has 0 amide bonds. The van der Waals surface area contributed by atoms with E-state index in [1.54, 1.807) is 30.3 Å². The van der Waals surface area contributed by atoms with E-state index in [4.69, 9.17) is 0 Å². The van der Waals surface area contributed by atoms with E-state index >= 15 is 0 Å². The van der Waals surface area contributed by atoms with Crippen molar-refractivity contribution in [3.8, 4) is 0 Å². The van der Waals surface area contributed by atoms with Crippen molar-refractivity contribution in [1.29, 1.82) is 0 Å². The van der Waals surface area contributed by atoms with Crippen molar-refractivity contribution in [1.82, 2.24) is 10.0 Å². The molecule has 6 heteroatoms. The second kappa shape index (κ2) is 6.35. The van der Waals surface area contributed by atoms with Gasteiger partial charge in [-0.2, -0.15) is 0 Å². The molecule has 1 fully saturated rings. The third kappa shape index (κ3) is 3.96. The Labute approximate surface area is 108 Å². The molecule has 1 aromatic rings. The zero-order valence-corrected chi connectivity index (χ0v) is 11.1. The SMILES string of the molecule is Cl.O=S(=O)(N[C@@H]1CCCNC1)c1ccccc1. The highest BCUT2D eigenvalue weighted by Crippen LogP contribution is 2.10. The Bertz CT molecular complexity index is 430. The van der Waals surface area contributed by atoms with E-state index in [1.807, 2.05) is 0 Å². The molecule has 1 aliphatic rings.